The Morgan fingerprint density at radius 2 is 2.23 bits per heavy atom. The van der Waals surface area contributed by atoms with E-state index in [1.54, 1.807) is 0 Å². The fourth-order valence-corrected chi connectivity index (χ4v) is 3.09. The second-order valence-corrected chi connectivity index (χ2v) is 7.12. The van der Waals surface area contributed by atoms with Gasteiger partial charge in [-0.2, -0.15) is 0 Å². The number of carbonyl (C=O) groups is 1. The van der Waals surface area contributed by atoms with Crippen LogP contribution in [0.2, 0.25) is 0 Å². The van der Waals surface area contributed by atoms with Gasteiger partial charge < -0.3 is 4.74 Å². The van der Waals surface area contributed by atoms with Crippen LogP contribution in [-0.2, 0) is 4.79 Å². The summed E-state index contributed by atoms with van der Waals surface area (Å²) < 4.78 is 6.55. The van der Waals surface area contributed by atoms with Gasteiger partial charge in [-0.15, -0.1) is 10.2 Å². The van der Waals surface area contributed by atoms with Gasteiger partial charge in [0.2, 0.25) is 5.13 Å². The van der Waals surface area contributed by atoms with Gasteiger partial charge >= 0.3 is 0 Å². The van der Waals surface area contributed by atoms with Crippen LogP contribution < -0.4 is 10.1 Å². The predicted octanol–water partition coefficient (Wildman–Crippen LogP) is 3.84. The van der Waals surface area contributed by atoms with Crippen LogP contribution in [0.5, 0.6) is 5.75 Å². The van der Waals surface area contributed by atoms with Crippen LogP contribution in [0.3, 0.4) is 0 Å². The molecule has 1 aromatic carbocycles. The zero-order valence-electron chi connectivity index (χ0n) is 12.1. The lowest BCUT2D eigenvalue weighted by molar-refractivity contribution is -0.113. The monoisotopic (exact) mass is 379 g/mol. The Bertz CT molecular complexity index is 755. The highest BCUT2D eigenvalue weighted by molar-refractivity contribution is 9.10. The van der Waals surface area contributed by atoms with E-state index < -0.39 is 0 Å². The zero-order chi connectivity index (χ0) is 15.7. The molecule has 114 valence electrons. The van der Waals surface area contributed by atoms with Gasteiger partial charge in [-0.05, 0) is 24.3 Å². The third kappa shape index (κ3) is 3.20. The quantitative estimate of drug-likeness (QED) is 0.879. The van der Waals surface area contributed by atoms with Crippen molar-refractivity contribution in [2.45, 2.75) is 19.8 Å². The maximum atomic E-state index is 12.3. The molecule has 0 unspecified atom stereocenters. The Balaban J connectivity index is 1.77. The summed E-state index contributed by atoms with van der Waals surface area (Å²) in [5.74, 6) is 0.861. The Kier molecular flexibility index (Phi) is 4.26. The number of hydrogen-bond donors (Lipinski definition) is 1. The lowest BCUT2D eigenvalue weighted by atomic mass is 10.1. The van der Waals surface area contributed by atoms with Gasteiger partial charge in [-0.3, -0.25) is 10.1 Å². The number of halogens is 1. The van der Waals surface area contributed by atoms with Gasteiger partial charge in [-0.1, -0.05) is 41.1 Å². The van der Waals surface area contributed by atoms with Gasteiger partial charge in [0.1, 0.15) is 17.4 Å². The van der Waals surface area contributed by atoms with Gasteiger partial charge in [0, 0.05) is 16.0 Å². The molecule has 5 nitrogen and oxygen atoms in total. The maximum absolute atomic E-state index is 12.3. The Hall–Kier alpha value is -1.73. The largest absolute Gasteiger partial charge is 0.488 e. The van der Waals surface area contributed by atoms with Gasteiger partial charge in [0.05, 0.1) is 5.57 Å². The molecule has 0 fully saturated rings. The first-order chi connectivity index (χ1) is 10.5. The van der Waals surface area contributed by atoms with Crippen LogP contribution >= 0.6 is 27.3 Å². The van der Waals surface area contributed by atoms with Crippen molar-refractivity contribution in [3.8, 4) is 5.75 Å². The number of anilines is 1. The minimum atomic E-state index is -0.211. The Morgan fingerprint density at radius 3 is 2.95 bits per heavy atom. The molecule has 0 radical (unpaired) electrons. The lowest BCUT2D eigenvalue weighted by Gasteiger charge is -2.17. The number of rotatable bonds is 3. The van der Waals surface area contributed by atoms with Crippen LogP contribution in [0.25, 0.3) is 6.08 Å². The fraction of sp³-hybridized carbons (Fsp3) is 0.267. The van der Waals surface area contributed by atoms with E-state index in [0.29, 0.717) is 16.6 Å². The number of carbonyl (C=O) groups excluding carboxylic acids is 1. The van der Waals surface area contributed by atoms with E-state index >= 15 is 0 Å². The first kappa shape index (κ1) is 15.2. The van der Waals surface area contributed by atoms with Gasteiger partial charge in [0.25, 0.3) is 5.91 Å². The first-order valence-electron chi connectivity index (χ1n) is 6.80. The number of aromatic nitrogens is 2. The summed E-state index contributed by atoms with van der Waals surface area (Å²) in [5.41, 5.74) is 1.44. The molecular formula is C15H14BrN3O2S. The molecule has 7 heteroatoms. The molecule has 2 aromatic rings. The molecule has 22 heavy (non-hydrogen) atoms. The van der Waals surface area contributed by atoms with Crippen molar-refractivity contribution in [2.75, 3.05) is 11.9 Å². The molecule has 0 saturated heterocycles. The molecule has 0 atom stereocenters. The summed E-state index contributed by atoms with van der Waals surface area (Å²) in [5, 5.41) is 12.2. The van der Waals surface area contributed by atoms with Crippen molar-refractivity contribution in [1.29, 1.82) is 0 Å². The highest BCUT2D eigenvalue weighted by Crippen LogP contribution is 2.30. The van der Waals surface area contributed by atoms with Gasteiger partial charge in [0.15, 0.2) is 0 Å². The molecule has 0 aliphatic carbocycles. The number of fused-ring (bicyclic) bond motifs is 1. The summed E-state index contributed by atoms with van der Waals surface area (Å²) in [4.78, 5) is 12.3. The van der Waals surface area contributed by atoms with Crippen LogP contribution in [0.15, 0.2) is 28.2 Å². The van der Waals surface area contributed by atoms with Crippen LogP contribution in [0.1, 0.15) is 30.3 Å². The van der Waals surface area contributed by atoms with E-state index in [9.17, 15) is 4.79 Å². The number of benzene rings is 1. The number of nitrogens with zero attached hydrogens (tertiary/aromatic N) is 2. The Morgan fingerprint density at radius 1 is 1.41 bits per heavy atom. The molecule has 0 spiro atoms. The first-order valence-corrected chi connectivity index (χ1v) is 8.41. The summed E-state index contributed by atoms with van der Waals surface area (Å²) in [6, 6.07) is 5.71. The normalized spacial score (nSPS) is 13.4. The van der Waals surface area contributed by atoms with Crippen LogP contribution in [0.4, 0.5) is 5.13 Å². The number of nitrogens with one attached hydrogen (secondary N) is 1. The minimum Gasteiger partial charge on any atom is -0.488 e. The molecule has 1 aromatic heterocycles. The molecule has 1 aliphatic rings. The van der Waals surface area contributed by atoms with Crippen molar-refractivity contribution in [2.24, 2.45) is 0 Å². The molecule has 0 bridgehead atoms. The second kappa shape index (κ2) is 6.18. The third-order valence-electron chi connectivity index (χ3n) is 3.13. The van der Waals surface area contributed by atoms with Gasteiger partial charge in [-0.25, -0.2) is 0 Å². The topological polar surface area (TPSA) is 64.1 Å². The molecule has 0 saturated carbocycles. The SMILES string of the molecule is CC(C)c1nnc(NC(=O)C2=Cc3cc(Br)ccc3OC2)s1. The van der Waals surface area contributed by atoms with Crippen LogP contribution in [0, 0.1) is 0 Å². The van der Waals surface area contributed by atoms with E-state index in [4.69, 9.17) is 4.74 Å². The molecule has 1 N–H and O–H groups in total. The zero-order valence-corrected chi connectivity index (χ0v) is 14.5. The highest BCUT2D eigenvalue weighted by Gasteiger charge is 2.19. The Labute approximate surface area is 140 Å². The average molecular weight is 380 g/mol. The lowest BCUT2D eigenvalue weighted by Crippen LogP contribution is -2.21. The van der Waals surface area contributed by atoms with Crippen molar-refractivity contribution >= 4 is 44.4 Å². The second-order valence-electron chi connectivity index (χ2n) is 5.19. The number of ether oxygens (including phenoxy) is 1. The standard InChI is InChI=1S/C15H14BrN3O2S/c1-8(2)14-18-19-15(22-14)17-13(20)10-5-9-6-11(16)3-4-12(9)21-7-10/h3-6,8H,7H2,1-2H3,(H,17,19,20). The highest BCUT2D eigenvalue weighted by atomic mass is 79.9. The summed E-state index contributed by atoms with van der Waals surface area (Å²) in [7, 11) is 0. The summed E-state index contributed by atoms with van der Waals surface area (Å²) in [6.45, 7) is 4.33. The van der Waals surface area contributed by atoms with E-state index in [2.05, 4.69) is 31.4 Å². The van der Waals surface area contributed by atoms with Crippen LogP contribution in [-0.4, -0.2) is 22.7 Å². The van der Waals surface area contributed by atoms with E-state index in [1.165, 1.54) is 11.3 Å². The molecular weight excluding hydrogens is 366 g/mol. The average Bonchev–Trinajstić information content (AvgIpc) is 2.95. The van der Waals surface area contributed by atoms with E-state index in [1.807, 2.05) is 38.1 Å². The fourth-order valence-electron chi connectivity index (χ4n) is 1.98. The number of hydrogen-bond acceptors (Lipinski definition) is 5. The minimum absolute atomic E-state index is 0.211. The molecule has 1 aliphatic heterocycles. The van der Waals surface area contributed by atoms with Crippen molar-refractivity contribution < 1.29 is 9.53 Å². The van der Waals surface area contributed by atoms with E-state index in [-0.39, 0.29) is 12.5 Å². The maximum Gasteiger partial charge on any atom is 0.256 e. The predicted molar refractivity (Wildman–Crippen MR) is 90.2 cm³/mol. The summed E-state index contributed by atoms with van der Waals surface area (Å²) in [6.07, 6.45) is 1.84. The molecule has 2 heterocycles. The number of amides is 1. The summed E-state index contributed by atoms with van der Waals surface area (Å²) >= 11 is 4.81. The third-order valence-corrected chi connectivity index (χ3v) is 4.76. The molecule has 1 amide bonds. The van der Waals surface area contributed by atoms with Crippen molar-refractivity contribution in [3.63, 3.8) is 0 Å². The van der Waals surface area contributed by atoms with Crippen molar-refractivity contribution in [3.05, 3.63) is 38.8 Å². The molecule has 3 rings (SSSR count). The van der Waals surface area contributed by atoms with Crippen molar-refractivity contribution in [1.82, 2.24) is 10.2 Å². The smallest absolute Gasteiger partial charge is 0.256 e. The van der Waals surface area contributed by atoms with E-state index in [0.717, 1.165) is 20.8 Å².